The van der Waals surface area contributed by atoms with E-state index in [1.54, 1.807) is 11.9 Å². The van der Waals surface area contributed by atoms with Crippen LogP contribution in [0.1, 0.15) is 6.23 Å². The Labute approximate surface area is 354 Å². The molecule has 4 aromatic rings. The molecule has 348 valence electrons. The average Bonchev–Trinajstić information content (AvgIpc) is 4.03. The Morgan fingerprint density at radius 3 is 2.21 bits per heavy atom. The highest BCUT2D eigenvalue weighted by Gasteiger charge is 2.49. The van der Waals surface area contributed by atoms with Crippen LogP contribution in [-0.4, -0.2) is 169 Å². The van der Waals surface area contributed by atoms with E-state index < -0.39 is 102 Å². The van der Waals surface area contributed by atoms with Crippen molar-refractivity contribution in [3.8, 4) is 0 Å². The second-order valence-electron chi connectivity index (χ2n) is 14.0. The molecular formula is C29H45N14O17P3. The zero-order valence-electron chi connectivity index (χ0n) is 33.6. The van der Waals surface area contributed by atoms with Gasteiger partial charge in [0.25, 0.3) is 11.1 Å². The first-order valence-electron chi connectivity index (χ1n) is 18.6. The molecule has 3 aliphatic heterocycles. The van der Waals surface area contributed by atoms with E-state index in [0.717, 1.165) is 43.1 Å². The largest absolute Gasteiger partial charge is 0.482 e. The van der Waals surface area contributed by atoms with Gasteiger partial charge in [-0.2, -0.15) is 9.97 Å². The number of nitrogens with one attached hydrogen (secondary N) is 3. The molecule has 0 aliphatic carbocycles. The Balaban J connectivity index is 0.925. The van der Waals surface area contributed by atoms with Crippen molar-refractivity contribution in [3.05, 3.63) is 33.2 Å². The summed E-state index contributed by atoms with van der Waals surface area (Å²) < 4.78 is 85.8. The molecule has 7 heterocycles. The molecule has 11 N–H and O–H groups in total. The highest BCUT2D eigenvalue weighted by molar-refractivity contribution is 7.70. The second-order valence-corrected chi connectivity index (χ2v) is 19.9. The Kier molecular flexibility index (Phi) is 13.6. The molecule has 0 aromatic carbocycles. The maximum atomic E-state index is 13.8. The maximum absolute atomic E-state index is 13.8. The number of likely N-dealkylation sites (N-methyl/N-ethyl adjacent to an activating group) is 1. The number of nitrogens with zero attached hydrogens (tertiary/aromatic N) is 9. The number of hydrogen-bond donors (Lipinski definition) is 9. The van der Waals surface area contributed by atoms with Crippen LogP contribution in [0.25, 0.3) is 11.2 Å². The van der Waals surface area contributed by atoms with E-state index in [1.807, 2.05) is 0 Å². The quantitative estimate of drug-likeness (QED) is 0.0433. The van der Waals surface area contributed by atoms with Crippen molar-refractivity contribution in [1.29, 1.82) is 0 Å². The first-order chi connectivity index (χ1) is 29.8. The number of H-pyrrole nitrogens is 2. The highest BCUT2D eigenvalue weighted by Crippen LogP contribution is 2.64. The van der Waals surface area contributed by atoms with Crippen LogP contribution in [0.4, 0.5) is 23.4 Å². The summed E-state index contributed by atoms with van der Waals surface area (Å²) >= 11 is 0. The first kappa shape index (κ1) is 46.7. The number of aromatic nitrogens is 9. The molecule has 31 nitrogen and oxygen atoms in total. The van der Waals surface area contributed by atoms with E-state index in [9.17, 15) is 43.7 Å². The Bertz CT molecular complexity index is 2560. The third-order valence-corrected chi connectivity index (χ3v) is 15.5. The fraction of sp³-hybridized carbons (Fsp3) is 0.621. The topological polar surface area (TPSA) is 417 Å². The Morgan fingerprint density at radius 1 is 0.873 bits per heavy atom. The number of hydrogen-bond acceptors (Lipinski definition) is 26. The zero-order chi connectivity index (χ0) is 45.6. The molecule has 34 heteroatoms. The number of nitrogens with two attached hydrogens (primary N) is 2. The van der Waals surface area contributed by atoms with Crippen molar-refractivity contribution in [2.45, 2.75) is 55.6 Å². The number of anilines is 4. The molecular weight excluding hydrogens is 909 g/mol. The summed E-state index contributed by atoms with van der Waals surface area (Å²) in [6.07, 6.45) is -9.18. The van der Waals surface area contributed by atoms with E-state index in [-0.39, 0.29) is 54.2 Å². The third-order valence-electron chi connectivity index (χ3n) is 10.1. The number of nitrogen functional groups attached to an aromatic ring is 2. The van der Waals surface area contributed by atoms with Gasteiger partial charge in [-0.3, -0.25) is 46.9 Å². The monoisotopic (exact) mass is 954 g/mol. The molecule has 0 saturated carbocycles. The molecule has 2 saturated heterocycles. The molecule has 7 rings (SSSR count). The summed E-state index contributed by atoms with van der Waals surface area (Å²) in [5.41, 5.74) is 9.80. The van der Waals surface area contributed by atoms with Crippen LogP contribution in [0.2, 0.25) is 0 Å². The fourth-order valence-electron chi connectivity index (χ4n) is 6.82. The number of phosphoric ester groups is 1. The van der Waals surface area contributed by atoms with E-state index in [1.165, 1.54) is 4.90 Å². The van der Waals surface area contributed by atoms with Gasteiger partial charge in [-0.15, -0.1) is 5.10 Å². The lowest BCUT2D eigenvalue weighted by Crippen LogP contribution is -2.51. The summed E-state index contributed by atoms with van der Waals surface area (Å²) in [5, 5.41) is 53.4. The van der Waals surface area contributed by atoms with Crippen LogP contribution in [0, 0.1) is 0 Å². The normalized spacial score (nSPS) is 27.9. The van der Waals surface area contributed by atoms with Crippen LogP contribution >= 0.6 is 23.2 Å². The molecule has 63 heavy (non-hydrogen) atoms. The minimum atomic E-state index is -4.82. The molecule has 3 aliphatic rings. The Hall–Kier alpha value is -4.26. The van der Waals surface area contributed by atoms with Gasteiger partial charge in [0.15, 0.2) is 34.9 Å². The summed E-state index contributed by atoms with van der Waals surface area (Å²) in [7, 11) is -8.90. The average molecular weight is 955 g/mol. The number of phosphoric acid groups is 1. The smallest absolute Gasteiger partial charge is 0.387 e. The lowest BCUT2D eigenvalue weighted by molar-refractivity contribution is -0.0506. The molecule has 0 bridgehead atoms. The predicted octanol–water partition coefficient (Wildman–Crippen LogP) is -3.71. The molecule has 11 atom stereocenters. The number of aromatic amines is 2. The molecule has 0 spiro atoms. The summed E-state index contributed by atoms with van der Waals surface area (Å²) in [6, 6.07) is 0. The van der Waals surface area contributed by atoms with E-state index in [4.69, 9.17) is 47.9 Å². The minimum Gasteiger partial charge on any atom is -0.387 e. The van der Waals surface area contributed by atoms with Crippen molar-refractivity contribution < 1.29 is 70.5 Å². The van der Waals surface area contributed by atoms with E-state index >= 15 is 0 Å². The van der Waals surface area contributed by atoms with Gasteiger partial charge in [0.2, 0.25) is 11.9 Å². The standard InChI is InChI=1S/C29H45N14O17P3/c1-40-7-8-42(23-17(40)25(49)37-29(31)35-23)26-20(46)18(44)13(58-26)10-56-62(51,54-3)33-5-6-41-9-15(38-39-41)61(50,53-2)60-63(52,55-4)57-11-14-19(45)21(47)27(59-14)43-12-32-16-22(43)34-28(30)36-24(16)48/h9,12-14,18-21,26-27,44-47H,5-8,10-11H2,1-4H3,(H,33,51)(H3,30,34,36,48)(H3,31,35,37,49)/t13-,14-,18?,19?,20?,21?,26-,27-,61?,62?,63?/m1/s1. The lowest BCUT2D eigenvalue weighted by Gasteiger charge is -2.39. The number of aliphatic hydroxyl groups excluding tert-OH is 4. The number of rotatable bonds is 18. The van der Waals surface area contributed by atoms with Crippen LogP contribution in [0.15, 0.2) is 22.1 Å². The number of imidazole rings is 1. The summed E-state index contributed by atoms with van der Waals surface area (Å²) in [4.78, 5) is 44.8. The fourth-order valence-corrected chi connectivity index (χ4v) is 11.0. The van der Waals surface area contributed by atoms with Crippen LogP contribution in [0.3, 0.4) is 0 Å². The lowest BCUT2D eigenvalue weighted by atomic mass is 10.1. The van der Waals surface area contributed by atoms with Gasteiger partial charge >= 0.3 is 23.2 Å². The van der Waals surface area contributed by atoms with E-state index in [0.29, 0.717) is 6.54 Å². The van der Waals surface area contributed by atoms with Crippen molar-refractivity contribution in [1.82, 2.24) is 49.6 Å². The van der Waals surface area contributed by atoms with Crippen molar-refractivity contribution in [2.75, 3.05) is 82.5 Å². The predicted molar refractivity (Wildman–Crippen MR) is 214 cm³/mol. The summed E-state index contributed by atoms with van der Waals surface area (Å²) in [5.74, 6) is -0.270. The van der Waals surface area contributed by atoms with Gasteiger partial charge in [-0.1, -0.05) is 5.21 Å². The highest BCUT2D eigenvalue weighted by atomic mass is 31.3. The molecule has 4 aromatic heterocycles. The minimum absolute atomic E-state index is 0.0584. The third kappa shape index (κ3) is 9.32. The van der Waals surface area contributed by atoms with Crippen LogP contribution in [-0.2, 0) is 56.6 Å². The SMILES string of the molecule is COP(=O)(NCCn1cc(P(=O)(OC)OP(=O)(OC)OC[C@H]2O[C@@H](n3cnc4c(=O)[nH]c(N)nc43)C(O)C2O)nn1)OC[C@H]1O[C@@H](N2CCN(C)c3c2nc(N)[nH]c3=O)C(O)C1O. The maximum Gasteiger partial charge on any atom is 0.482 e. The van der Waals surface area contributed by atoms with Gasteiger partial charge in [0.05, 0.1) is 32.3 Å². The number of aliphatic hydroxyl groups is 4. The van der Waals surface area contributed by atoms with Crippen molar-refractivity contribution in [2.24, 2.45) is 0 Å². The van der Waals surface area contributed by atoms with Gasteiger partial charge in [0.1, 0.15) is 42.3 Å². The second kappa shape index (κ2) is 18.3. The Morgan fingerprint density at radius 2 is 1.52 bits per heavy atom. The zero-order valence-corrected chi connectivity index (χ0v) is 36.3. The van der Waals surface area contributed by atoms with Crippen LogP contribution < -0.4 is 42.9 Å². The first-order valence-corrected chi connectivity index (χ1v) is 23.1. The number of fused-ring (bicyclic) bond motifs is 2. The van der Waals surface area contributed by atoms with Crippen molar-refractivity contribution >= 4 is 63.2 Å². The molecule has 2 fully saturated rings. The molecule has 0 radical (unpaired) electrons. The van der Waals surface area contributed by atoms with Gasteiger partial charge < -0.3 is 60.2 Å². The van der Waals surface area contributed by atoms with E-state index in [2.05, 4.69) is 40.3 Å². The van der Waals surface area contributed by atoms with Gasteiger partial charge in [0, 0.05) is 48.0 Å². The van der Waals surface area contributed by atoms with Crippen molar-refractivity contribution in [3.63, 3.8) is 0 Å². The van der Waals surface area contributed by atoms with Gasteiger partial charge in [-0.05, 0) is 0 Å². The van der Waals surface area contributed by atoms with Gasteiger partial charge in [-0.25, -0.2) is 23.5 Å². The molecule has 0 amide bonds. The molecule has 7 unspecified atom stereocenters. The summed E-state index contributed by atoms with van der Waals surface area (Å²) in [6.45, 7) is -0.961. The van der Waals surface area contributed by atoms with Crippen LogP contribution in [0.5, 0.6) is 0 Å². The number of ether oxygens (including phenoxy) is 2.